The Bertz CT molecular complexity index is 1060. The Kier molecular flexibility index (Phi) is 5.61. The van der Waals surface area contributed by atoms with Crippen molar-refractivity contribution in [2.45, 2.75) is 6.61 Å². The van der Waals surface area contributed by atoms with E-state index in [-0.39, 0.29) is 12.5 Å². The Labute approximate surface area is 169 Å². The van der Waals surface area contributed by atoms with Crippen molar-refractivity contribution in [3.05, 3.63) is 58.9 Å². The normalized spacial score (nSPS) is 10.9. The molecule has 142 valence electrons. The number of nitrogens with zero attached hydrogens (tertiary/aromatic N) is 2. The Balaban J connectivity index is 1.29. The molecule has 0 aliphatic carbocycles. The second-order valence-electron chi connectivity index (χ2n) is 5.88. The van der Waals surface area contributed by atoms with E-state index in [1.165, 1.54) is 11.3 Å². The summed E-state index contributed by atoms with van der Waals surface area (Å²) < 4.78 is 11.8. The van der Waals surface area contributed by atoms with Gasteiger partial charge in [0.2, 0.25) is 0 Å². The molecule has 8 heteroatoms. The highest BCUT2D eigenvalue weighted by molar-refractivity contribution is 7.18. The summed E-state index contributed by atoms with van der Waals surface area (Å²) in [5.74, 6) is 0.550. The van der Waals surface area contributed by atoms with Crippen LogP contribution in [0.5, 0.6) is 5.75 Å². The predicted molar refractivity (Wildman–Crippen MR) is 112 cm³/mol. The number of rotatable bonds is 7. The molecule has 6 nitrogen and oxygen atoms in total. The lowest BCUT2D eigenvalue weighted by atomic mass is 10.2. The van der Waals surface area contributed by atoms with Crippen LogP contribution in [0.1, 0.15) is 5.01 Å². The molecule has 4 aromatic rings. The van der Waals surface area contributed by atoms with Crippen LogP contribution >= 0.6 is 22.7 Å². The number of amides is 1. The molecule has 1 N–H and O–H groups in total. The van der Waals surface area contributed by atoms with Gasteiger partial charge in [0.05, 0.1) is 29.6 Å². The number of benzene rings is 2. The van der Waals surface area contributed by atoms with Crippen LogP contribution in [0.2, 0.25) is 0 Å². The van der Waals surface area contributed by atoms with Crippen LogP contribution in [0, 0.1) is 0 Å². The maximum Gasteiger partial charge on any atom is 0.252 e. The third-order valence-corrected chi connectivity index (χ3v) is 5.70. The third-order valence-electron chi connectivity index (χ3n) is 3.93. The van der Waals surface area contributed by atoms with Gasteiger partial charge in [-0.1, -0.05) is 12.1 Å². The molecule has 1 amide bonds. The van der Waals surface area contributed by atoms with Crippen molar-refractivity contribution >= 4 is 43.9 Å². The van der Waals surface area contributed by atoms with Gasteiger partial charge in [-0.3, -0.25) is 10.1 Å². The lowest BCUT2D eigenvalue weighted by Crippen LogP contribution is -2.18. The minimum absolute atomic E-state index is 0.0482. The average Bonchev–Trinajstić information content (AvgIpc) is 3.34. The Hall–Kier alpha value is -2.81. The lowest BCUT2D eigenvalue weighted by Gasteiger charge is -2.02. The van der Waals surface area contributed by atoms with Crippen molar-refractivity contribution in [2.24, 2.45) is 0 Å². The van der Waals surface area contributed by atoms with Crippen LogP contribution in [-0.2, 0) is 16.1 Å². The van der Waals surface area contributed by atoms with Crippen molar-refractivity contribution in [2.75, 3.05) is 19.0 Å². The number of carbonyl (C=O) groups is 1. The van der Waals surface area contributed by atoms with Crippen LogP contribution in [0.4, 0.5) is 5.13 Å². The quantitative estimate of drug-likeness (QED) is 0.482. The van der Waals surface area contributed by atoms with Crippen LogP contribution in [0.15, 0.2) is 53.9 Å². The number of nitrogens with one attached hydrogen (secondary N) is 1. The summed E-state index contributed by atoms with van der Waals surface area (Å²) in [6.45, 7) is 0.259. The second kappa shape index (κ2) is 8.47. The molecule has 0 saturated carbocycles. The molecule has 0 atom stereocenters. The number of anilines is 1. The number of carbonyl (C=O) groups excluding carboxylic acids is 1. The monoisotopic (exact) mass is 411 g/mol. The van der Waals surface area contributed by atoms with Gasteiger partial charge in [0.1, 0.15) is 17.4 Å². The van der Waals surface area contributed by atoms with Crippen molar-refractivity contribution in [3.63, 3.8) is 0 Å². The number of hydrogen-bond acceptors (Lipinski definition) is 7. The zero-order valence-electron chi connectivity index (χ0n) is 15.0. The summed E-state index contributed by atoms with van der Waals surface area (Å²) in [6.07, 6.45) is 0. The van der Waals surface area contributed by atoms with Crippen LogP contribution in [0.25, 0.3) is 21.5 Å². The highest BCUT2D eigenvalue weighted by Gasteiger charge is 2.10. The number of methoxy groups -OCH3 is 1. The van der Waals surface area contributed by atoms with Crippen molar-refractivity contribution in [1.29, 1.82) is 0 Å². The summed E-state index contributed by atoms with van der Waals surface area (Å²) in [5.41, 5.74) is 2.72. The summed E-state index contributed by atoms with van der Waals surface area (Å²) in [6, 6.07) is 15.5. The zero-order chi connectivity index (χ0) is 19.3. The Morgan fingerprint density at radius 1 is 1.11 bits per heavy atom. The molecular weight excluding hydrogens is 394 g/mol. The molecule has 0 aliphatic heterocycles. The molecule has 4 rings (SSSR count). The molecule has 0 spiro atoms. The fourth-order valence-corrected chi connectivity index (χ4v) is 4.23. The van der Waals surface area contributed by atoms with Gasteiger partial charge in [-0.25, -0.2) is 9.97 Å². The van der Waals surface area contributed by atoms with Crippen molar-refractivity contribution in [3.8, 4) is 17.0 Å². The molecule has 0 radical (unpaired) electrons. The largest absolute Gasteiger partial charge is 0.497 e. The summed E-state index contributed by atoms with van der Waals surface area (Å²) >= 11 is 2.94. The number of fused-ring (bicyclic) bond motifs is 1. The first kappa shape index (κ1) is 18.5. The zero-order valence-corrected chi connectivity index (χ0v) is 16.7. The maximum atomic E-state index is 12.1. The third kappa shape index (κ3) is 4.36. The van der Waals surface area contributed by atoms with E-state index >= 15 is 0 Å². The summed E-state index contributed by atoms with van der Waals surface area (Å²) in [5, 5.41) is 6.06. The molecule has 0 aliphatic rings. The van der Waals surface area contributed by atoms with Crippen LogP contribution in [-0.4, -0.2) is 29.6 Å². The SMILES string of the molecule is COc1ccc(-c2csc(NC(=O)COCc3nc4ccccc4s3)n2)cc1. The Morgan fingerprint density at radius 2 is 1.93 bits per heavy atom. The fraction of sp³-hybridized carbons (Fsp3) is 0.150. The molecule has 0 unspecified atom stereocenters. The molecule has 2 aromatic carbocycles. The molecule has 0 fully saturated rings. The minimum atomic E-state index is -0.239. The van der Waals surface area contributed by atoms with Crippen molar-refractivity contribution in [1.82, 2.24) is 9.97 Å². The van der Waals surface area contributed by atoms with Crippen molar-refractivity contribution < 1.29 is 14.3 Å². The predicted octanol–water partition coefficient (Wildman–Crippen LogP) is 4.58. The Morgan fingerprint density at radius 3 is 2.71 bits per heavy atom. The molecule has 0 bridgehead atoms. The van der Waals surface area contributed by atoms with Gasteiger partial charge in [-0.2, -0.15) is 0 Å². The number of hydrogen-bond donors (Lipinski definition) is 1. The van der Waals surface area contributed by atoms with Gasteiger partial charge in [-0.05, 0) is 36.4 Å². The number of aromatic nitrogens is 2. The average molecular weight is 412 g/mol. The van der Waals surface area contributed by atoms with Crippen LogP contribution in [0.3, 0.4) is 0 Å². The maximum absolute atomic E-state index is 12.1. The van der Waals surface area contributed by atoms with E-state index < -0.39 is 0 Å². The molecule has 2 heterocycles. The second-order valence-corrected chi connectivity index (χ2v) is 7.86. The van der Waals surface area contributed by atoms with Crippen LogP contribution < -0.4 is 10.1 Å². The highest BCUT2D eigenvalue weighted by atomic mass is 32.1. The minimum Gasteiger partial charge on any atom is -0.497 e. The van der Waals surface area contributed by atoms with E-state index in [9.17, 15) is 4.79 Å². The van der Waals surface area contributed by atoms with E-state index in [1.54, 1.807) is 18.4 Å². The van der Waals surface area contributed by atoms with Gasteiger partial charge in [0.25, 0.3) is 5.91 Å². The highest BCUT2D eigenvalue weighted by Crippen LogP contribution is 2.26. The van der Waals surface area contributed by atoms with Gasteiger partial charge in [-0.15, -0.1) is 22.7 Å². The molecule has 2 aromatic heterocycles. The topological polar surface area (TPSA) is 73.3 Å². The van der Waals surface area contributed by atoms with Gasteiger partial charge in [0.15, 0.2) is 5.13 Å². The van der Waals surface area contributed by atoms with Gasteiger partial charge >= 0.3 is 0 Å². The number of ether oxygens (including phenoxy) is 2. The van der Waals surface area contributed by atoms with E-state index in [2.05, 4.69) is 15.3 Å². The first-order valence-corrected chi connectivity index (χ1v) is 10.2. The molecule has 28 heavy (non-hydrogen) atoms. The summed E-state index contributed by atoms with van der Waals surface area (Å²) in [4.78, 5) is 21.0. The first-order valence-electron chi connectivity index (χ1n) is 8.53. The standard InChI is InChI=1S/C20H17N3O3S2/c1-25-14-8-6-13(7-9-14)16-12-27-20(22-16)23-18(24)10-26-11-19-21-15-4-2-3-5-17(15)28-19/h2-9,12H,10-11H2,1H3,(H,22,23,24). The van der Waals surface area contributed by atoms with E-state index in [0.29, 0.717) is 11.7 Å². The first-order chi connectivity index (χ1) is 13.7. The van der Waals surface area contributed by atoms with E-state index in [4.69, 9.17) is 9.47 Å². The summed E-state index contributed by atoms with van der Waals surface area (Å²) in [7, 11) is 1.63. The fourth-order valence-electron chi connectivity index (χ4n) is 2.59. The number of para-hydroxylation sites is 1. The van der Waals surface area contributed by atoms with Gasteiger partial charge < -0.3 is 9.47 Å². The van der Waals surface area contributed by atoms with E-state index in [1.807, 2.05) is 53.9 Å². The number of thiazole rings is 2. The smallest absolute Gasteiger partial charge is 0.252 e. The molecular formula is C20H17N3O3S2. The van der Waals surface area contributed by atoms with E-state index in [0.717, 1.165) is 32.2 Å². The lowest BCUT2D eigenvalue weighted by molar-refractivity contribution is -0.121. The molecule has 0 saturated heterocycles. The van der Waals surface area contributed by atoms with Gasteiger partial charge in [0, 0.05) is 10.9 Å².